The normalized spacial score (nSPS) is 14.6. The molecule has 0 aromatic heterocycles. The predicted molar refractivity (Wildman–Crippen MR) is 286 cm³/mol. The summed E-state index contributed by atoms with van der Waals surface area (Å²) in [7, 11) is 0. The maximum Gasteiger partial charge on any atom is 0.0520 e. The number of rotatable bonds is 40. The van der Waals surface area contributed by atoms with E-state index >= 15 is 0 Å². The summed E-state index contributed by atoms with van der Waals surface area (Å²) >= 11 is 36.6. The van der Waals surface area contributed by atoms with Crippen LogP contribution < -0.4 is 0 Å². The summed E-state index contributed by atoms with van der Waals surface area (Å²) in [6.07, 6.45) is 38.3. The average Bonchev–Trinajstić information content (AvgIpc) is 3.17. The minimum absolute atomic E-state index is 0.254. The minimum Gasteiger partial charge on any atom is -0.165 e. The van der Waals surface area contributed by atoms with Crippen LogP contribution in [-0.4, -0.2) is 22.9 Å². The molecule has 0 N–H and O–H groups in total. The number of benzene rings is 1. The molecule has 1 aromatic rings. The molecule has 0 amide bonds. The SMILES string of the molecule is CCCCCCCC(S)Sc1cc(SC(S)CCCCCCC)c(SC(S)CCCCCCC)c(SC(S)CCCCCCC)c1SC(S)CCCCCCC. The van der Waals surface area contributed by atoms with Crippen molar-refractivity contribution in [1.29, 1.82) is 0 Å². The monoisotopic (exact) mass is 958 g/mol. The zero-order valence-corrected chi connectivity index (χ0v) is 45.0. The van der Waals surface area contributed by atoms with Crippen LogP contribution in [0, 0.1) is 0 Å². The number of thiol groups is 5. The third kappa shape index (κ3) is 29.2. The Hall–Kier alpha value is 2.72. The molecule has 0 radical (unpaired) electrons. The van der Waals surface area contributed by atoms with Gasteiger partial charge in [0.1, 0.15) is 0 Å². The topological polar surface area (TPSA) is 0 Å². The maximum atomic E-state index is 5.34. The van der Waals surface area contributed by atoms with Crippen LogP contribution in [0.25, 0.3) is 0 Å². The molecule has 1 rings (SSSR count). The average molecular weight is 960 g/mol. The van der Waals surface area contributed by atoms with Gasteiger partial charge in [-0.15, -0.1) is 58.8 Å². The third-order valence-corrected chi connectivity index (χ3v) is 19.2. The largest absolute Gasteiger partial charge is 0.165 e. The van der Waals surface area contributed by atoms with Crippen molar-refractivity contribution >= 4 is 122 Å². The van der Waals surface area contributed by atoms with E-state index in [9.17, 15) is 0 Å². The summed E-state index contributed by atoms with van der Waals surface area (Å²) < 4.78 is 1.32. The van der Waals surface area contributed by atoms with E-state index in [1.165, 1.54) is 185 Å². The first-order chi connectivity index (χ1) is 27.2. The van der Waals surface area contributed by atoms with Gasteiger partial charge in [-0.1, -0.05) is 195 Å². The van der Waals surface area contributed by atoms with Crippen molar-refractivity contribution in [2.75, 3.05) is 0 Å². The number of unbranched alkanes of at least 4 members (excludes halogenated alkanes) is 20. The van der Waals surface area contributed by atoms with Gasteiger partial charge in [-0.25, -0.2) is 0 Å². The van der Waals surface area contributed by atoms with Gasteiger partial charge in [-0.05, 0) is 38.2 Å². The summed E-state index contributed by atoms with van der Waals surface area (Å²) in [5, 5.41) is 0. The fourth-order valence-electron chi connectivity index (χ4n) is 6.69. The van der Waals surface area contributed by atoms with Crippen LogP contribution in [-0.2, 0) is 0 Å². The molecule has 5 unspecified atom stereocenters. The molecule has 0 aliphatic heterocycles. The Morgan fingerprint density at radius 2 is 0.518 bits per heavy atom. The molecular formula is C46H86S10. The lowest BCUT2D eigenvalue weighted by atomic mass is 10.1. The maximum absolute atomic E-state index is 5.34. The van der Waals surface area contributed by atoms with E-state index in [-0.39, 0.29) is 22.9 Å². The van der Waals surface area contributed by atoms with Gasteiger partial charge < -0.3 is 0 Å². The Balaban J connectivity index is 3.70. The van der Waals surface area contributed by atoms with E-state index in [4.69, 9.17) is 63.1 Å². The third-order valence-electron chi connectivity index (χ3n) is 10.2. The lowest BCUT2D eigenvalue weighted by molar-refractivity contribution is 0.621. The standard InChI is InChI=1S/C46H86S10/c1-6-11-16-21-26-31-39(47)52-37-36-38(53-40(48)32-27-22-17-12-7-2)45(55-42(50)34-29-24-19-14-9-4)46(56-43(51)35-30-25-20-15-10-5)44(37)54-41(49)33-28-23-18-13-8-3/h36,39-43,47-51H,6-35H2,1-5H3. The summed E-state index contributed by atoms with van der Waals surface area (Å²) in [5.74, 6) is 0. The Morgan fingerprint density at radius 3 is 0.768 bits per heavy atom. The Bertz CT molecular complexity index is 973. The van der Waals surface area contributed by atoms with Gasteiger partial charge in [0.05, 0.1) is 22.9 Å². The lowest BCUT2D eigenvalue weighted by Gasteiger charge is -2.27. The zero-order chi connectivity index (χ0) is 41.2. The molecule has 56 heavy (non-hydrogen) atoms. The van der Waals surface area contributed by atoms with Gasteiger partial charge in [-0.3, -0.25) is 0 Å². The predicted octanol–water partition coefficient (Wildman–Crippen LogP) is 20.2. The van der Waals surface area contributed by atoms with Crippen molar-refractivity contribution in [2.24, 2.45) is 0 Å². The second kappa shape index (κ2) is 39.3. The Morgan fingerprint density at radius 1 is 0.304 bits per heavy atom. The van der Waals surface area contributed by atoms with E-state index in [1.54, 1.807) is 0 Å². The van der Waals surface area contributed by atoms with E-state index < -0.39 is 0 Å². The molecule has 1 aromatic carbocycles. The van der Waals surface area contributed by atoms with Crippen molar-refractivity contribution in [2.45, 2.75) is 275 Å². The molecule has 0 aliphatic carbocycles. The molecule has 10 heteroatoms. The second-order valence-electron chi connectivity index (χ2n) is 15.7. The fraction of sp³-hybridized carbons (Fsp3) is 0.870. The summed E-state index contributed by atoms with van der Waals surface area (Å²) in [4.78, 5) is 7.07. The van der Waals surface area contributed by atoms with Gasteiger partial charge in [0.25, 0.3) is 0 Å². The fourth-order valence-corrected chi connectivity index (χ4v) is 15.5. The van der Waals surface area contributed by atoms with Crippen molar-refractivity contribution in [3.05, 3.63) is 6.07 Å². The first kappa shape index (κ1) is 56.7. The second-order valence-corrected chi connectivity index (χ2v) is 26.7. The first-order valence-corrected chi connectivity index (χ1v) is 30.1. The molecule has 0 saturated carbocycles. The van der Waals surface area contributed by atoms with Gasteiger partial charge in [-0.2, -0.15) is 63.1 Å². The van der Waals surface area contributed by atoms with Crippen molar-refractivity contribution in [3.63, 3.8) is 0 Å². The van der Waals surface area contributed by atoms with Crippen LogP contribution in [0.15, 0.2) is 30.5 Å². The van der Waals surface area contributed by atoms with Crippen LogP contribution in [0.3, 0.4) is 0 Å². The van der Waals surface area contributed by atoms with Crippen LogP contribution in [0.2, 0.25) is 0 Å². The Kier molecular flexibility index (Phi) is 39.8. The molecular weight excluding hydrogens is 873 g/mol. The van der Waals surface area contributed by atoms with Gasteiger partial charge in [0.2, 0.25) is 0 Å². The van der Waals surface area contributed by atoms with Crippen molar-refractivity contribution < 1.29 is 0 Å². The molecule has 0 spiro atoms. The minimum atomic E-state index is 0.254. The molecule has 0 heterocycles. The highest BCUT2D eigenvalue weighted by Gasteiger charge is 2.27. The van der Waals surface area contributed by atoms with E-state index in [2.05, 4.69) is 40.7 Å². The molecule has 0 fully saturated rings. The number of hydrogen-bond acceptors (Lipinski definition) is 10. The van der Waals surface area contributed by atoms with Gasteiger partial charge in [0.15, 0.2) is 0 Å². The van der Waals surface area contributed by atoms with E-state index in [0.29, 0.717) is 0 Å². The molecule has 0 aliphatic rings. The highest BCUT2D eigenvalue weighted by molar-refractivity contribution is 8.15. The van der Waals surface area contributed by atoms with Crippen LogP contribution in [0.5, 0.6) is 0 Å². The lowest BCUT2D eigenvalue weighted by Crippen LogP contribution is -2.04. The van der Waals surface area contributed by atoms with E-state index in [1.807, 2.05) is 58.8 Å². The molecule has 330 valence electrons. The molecule has 0 saturated heterocycles. The van der Waals surface area contributed by atoms with Crippen LogP contribution in [0.4, 0.5) is 0 Å². The zero-order valence-electron chi connectivity index (χ0n) is 36.5. The van der Waals surface area contributed by atoms with Crippen molar-refractivity contribution in [1.82, 2.24) is 0 Å². The first-order valence-electron chi connectivity index (χ1n) is 23.1. The quantitative estimate of drug-likeness (QED) is 0.0192. The highest BCUT2D eigenvalue weighted by Crippen LogP contribution is 2.54. The number of thioether (sulfide) groups is 5. The van der Waals surface area contributed by atoms with Crippen LogP contribution in [0.1, 0.15) is 227 Å². The van der Waals surface area contributed by atoms with Gasteiger partial charge >= 0.3 is 0 Å². The smallest absolute Gasteiger partial charge is 0.0520 e. The molecule has 0 nitrogen and oxygen atoms in total. The summed E-state index contributed by atoms with van der Waals surface area (Å²) in [6, 6.07) is 2.55. The Labute approximate surface area is 398 Å². The highest BCUT2D eigenvalue weighted by atomic mass is 32.2. The summed E-state index contributed by atoms with van der Waals surface area (Å²) in [6.45, 7) is 11.5. The molecule has 0 bridgehead atoms. The van der Waals surface area contributed by atoms with Gasteiger partial charge in [0, 0.05) is 24.5 Å². The summed E-state index contributed by atoms with van der Waals surface area (Å²) in [5.41, 5.74) is 0. The number of hydrogen-bond donors (Lipinski definition) is 5. The molecule has 5 atom stereocenters. The van der Waals surface area contributed by atoms with Crippen LogP contribution >= 0.6 is 122 Å². The van der Waals surface area contributed by atoms with E-state index in [0.717, 1.165) is 32.1 Å². The van der Waals surface area contributed by atoms with Crippen molar-refractivity contribution in [3.8, 4) is 0 Å².